The molecule has 0 spiro atoms. The van der Waals surface area contributed by atoms with Crippen molar-refractivity contribution in [3.63, 3.8) is 0 Å². The molecule has 2 aliphatic heterocycles. The molecule has 1 saturated heterocycles. The second kappa shape index (κ2) is 4.94. The molecule has 0 aromatic heterocycles. The average molecular weight is 260 g/mol. The van der Waals surface area contributed by atoms with E-state index >= 15 is 0 Å². The van der Waals surface area contributed by atoms with Gasteiger partial charge in [-0.25, -0.2) is 0 Å². The first-order valence-electron chi connectivity index (χ1n) is 6.98. The molecule has 2 atom stereocenters. The van der Waals surface area contributed by atoms with E-state index in [4.69, 9.17) is 0 Å². The van der Waals surface area contributed by atoms with Crippen LogP contribution in [0.15, 0.2) is 18.2 Å². The van der Waals surface area contributed by atoms with Crippen molar-refractivity contribution in [2.75, 3.05) is 18.0 Å². The second-order valence-corrected chi connectivity index (χ2v) is 5.53. The van der Waals surface area contributed by atoms with Gasteiger partial charge in [0.15, 0.2) is 0 Å². The number of fused-ring (bicyclic) bond motifs is 1. The van der Waals surface area contributed by atoms with Crippen molar-refractivity contribution in [3.05, 3.63) is 29.3 Å². The molecule has 4 nitrogen and oxygen atoms in total. The molecule has 2 heterocycles. The molecule has 0 saturated carbocycles. The summed E-state index contributed by atoms with van der Waals surface area (Å²) in [4.78, 5) is 14.5. The second-order valence-electron chi connectivity index (χ2n) is 5.53. The molecule has 2 N–H and O–H groups in total. The number of rotatable bonds is 1. The molecular weight excluding hydrogens is 240 g/mol. The lowest BCUT2D eigenvalue weighted by Crippen LogP contribution is -2.46. The molecule has 19 heavy (non-hydrogen) atoms. The fraction of sp³-hybridized carbons (Fsp3) is 0.533. The molecular formula is C15H20N2O2. The summed E-state index contributed by atoms with van der Waals surface area (Å²) >= 11 is 0. The van der Waals surface area contributed by atoms with Crippen molar-refractivity contribution in [2.24, 2.45) is 0 Å². The van der Waals surface area contributed by atoms with Gasteiger partial charge in [0.25, 0.3) is 0 Å². The standard InChI is InChI=1S/C15H20N2O2/c1-10-4-2-5-11-6-3-7-17(14(10)11)15(19)13-8-12(18)9-16-13/h2,4-5,12-13,16,18H,3,6-9H2,1H3. The summed E-state index contributed by atoms with van der Waals surface area (Å²) in [5.41, 5.74) is 3.50. The third kappa shape index (κ3) is 2.26. The van der Waals surface area contributed by atoms with Gasteiger partial charge in [0.2, 0.25) is 5.91 Å². The van der Waals surface area contributed by atoms with Crippen LogP contribution in [-0.4, -0.2) is 36.2 Å². The van der Waals surface area contributed by atoms with Gasteiger partial charge in [-0.05, 0) is 37.3 Å². The third-order valence-corrected chi connectivity index (χ3v) is 4.09. The number of nitrogens with zero attached hydrogens (tertiary/aromatic N) is 1. The zero-order valence-corrected chi connectivity index (χ0v) is 11.2. The molecule has 2 unspecified atom stereocenters. The van der Waals surface area contributed by atoms with Crippen molar-refractivity contribution in [1.82, 2.24) is 5.32 Å². The quantitative estimate of drug-likeness (QED) is 0.792. The van der Waals surface area contributed by atoms with Gasteiger partial charge in [-0.15, -0.1) is 0 Å². The van der Waals surface area contributed by atoms with Gasteiger partial charge >= 0.3 is 0 Å². The van der Waals surface area contributed by atoms with Gasteiger partial charge in [0, 0.05) is 18.8 Å². The minimum absolute atomic E-state index is 0.104. The zero-order valence-electron chi connectivity index (χ0n) is 11.2. The van der Waals surface area contributed by atoms with Crippen LogP contribution in [-0.2, 0) is 11.2 Å². The van der Waals surface area contributed by atoms with Crippen LogP contribution in [0.4, 0.5) is 5.69 Å². The number of benzene rings is 1. The van der Waals surface area contributed by atoms with E-state index in [0.717, 1.165) is 30.6 Å². The van der Waals surface area contributed by atoms with E-state index in [1.54, 1.807) is 0 Å². The Morgan fingerprint density at radius 1 is 1.47 bits per heavy atom. The maximum atomic E-state index is 12.6. The summed E-state index contributed by atoms with van der Waals surface area (Å²) in [5.74, 6) is 0.104. The van der Waals surface area contributed by atoms with Gasteiger partial charge in [0.05, 0.1) is 12.1 Å². The number of anilines is 1. The Hall–Kier alpha value is -1.39. The Kier molecular flexibility index (Phi) is 3.29. The maximum absolute atomic E-state index is 12.6. The van der Waals surface area contributed by atoms with E-state index in [0.29, 0.717) is 13.0 Å². The van der Waals surface area contributed by atoms with E-state index in [1.807, 2.05) is 4.90 Å². The number of β-amino-alcohol motifs (C(OH)–C–C–N with tert-alkyl or cyclic N) is 1. The van der Waals surface area contributed by atoms with Crippen LogP contribution >= 0.6 is 0 Å². The summed E-state index contributed by atoms with van der Waals surface area (Å²) in [5, 5.41) is 12.7. The first-order valence-corrected chi connectivity index (χ1v) is 6.98. The molecule has 1 fully saturated rings. The lowest BCUT2D eigenvalue weighted by molar-refractivity contribution is -0.120. The van der Waals surface area contributed by atoms with Crippen LogP contribution in [0.1, 0.15) is 24.0 Å². The van der Waals surface area contributed by atoms with Gasteiger partial charge in [0.1, 0.15) is 0 Å². The number of carbonyl (C=O) groups excluding carboxylic acids is 1. The number of aliphatic hydroxyl groups excluding tert-OH is 1. The highest BCUT2D eigenvalue weighted by atomic mass is 16.3. The van der Waals surface area contributed by atoms with E-state index < -0.39 is 6.10 Å². The Bertz CT molecular complexity index is 501. The molecule has 102 valence electrons. The first-order chi connectivity index (χ1) is 9.16. The molecule has 3 rings (SSSR count). The minimum atomic E-state index is -0.393. The molecule has 1 amide bonds. The van der Waals surface area contributed by atoms with Gasteiger partial charge in [-0.2, -0.15) is 0 Å². The number of carbonyl (C=O) groups is 1. The molecule has 2 aliphatic rings. The topological polar surface area (TPSA) is 52.6 Å². The van der Waals surface area contributed by atoms with Gasteiger partial charge in [-0.1, -0.05) is 18.2 Å². The summed E-state index contributed by atoms with van der Waals surface area (Å²) < 4.78 is 0. The van der Waals surface area contributed by atoms with Crippen molar-refractivity contribution >= 4 is 11.6 Å². The van der Waals surface area contributed by atoms with E-state index in [9.17, 15) is 9.90 Å². The van der Waals surface area contributed by atoms with Crippen LogP contribution in [0.3, 0.4) is 0 Å². The molecule has 4 heteroatoms. The molecule has 0 radical (unpaired) electrons. The SMILES string of the molecule is Cc1cccc2c1N(C(=O)C1CC(O)CN1)CCC2. The van der Waals surface area contributed by atoms with E-state index in [2.05, 4.69) is 30.4 Å². The Morgan fingerprint density at radius 3 is 3.05 bits per heavy atom. The summed E-state index contributed by atoms with van der Waals surface area (Å²) in [6.07, 6.45) is 2.19. The lowest BCUT2D eigenvalue weighted by atomic mass is 9.97. The van der Waals surface area contributed by atoms with Crippen molar-refractivity contribution < 1.29 is 9.90 Å². The maximum Gasteiger partial charge on any atom is 0.244 e. The van der Waals surface area contributed by atoms with Gasteiger partial charge < -0.3 is 15.3 Å². The zero-order chi connectivity index (χ0) is 13.4. The number of hydrogen-bond acceptors (Lipinski definition) is 3. The normalized spacial score (nSPS) is 26.3. The number of aliphatic hydroxyl groups is 1. The van der Waals surface area contributed by atoms with Crippen LogP contribution in [0.25, 0.3) is 0 Å². The Balaban J connectivity index is 1.89. The highest BCUT2D eigenvalue weighted by Crippen LogP contribution is 2.31. The average Bonchev–Trinajstić information content (AvgIpc) is 2.84. The van der Waals surface area contributed by atoms with Gasteiger partial charge in [-0.3, -0.25) is 4.79 Å². The highest BCUT2D eigenvalue weighted by Gasteiger charge is 2.34. The highest BCUT2D eigenvalue weighted by molar-refractivity contribution is 5.99. The van der Waals surface area contributed by atoms with Crippen molar-refractivity contribution in [2.45, 2.75) is 38.3 Å². The Labute approximate surface area is 113 Å². The summed E-state index contributed by atoms with van der Waals surface area (Å²) in [6, 6.07) is 5.99. The number of aryl methyl sites for hydroxylation is 2. The van der Waals surface area contributed by atoms with Crippen LogP contribution in [0.2, 0.25) is 0 Å². The third-order valence-electron chi connectivity index (χ3n) is 4.09. The fourth-order valence-corrected chi connectivity index (χ4v) is 3.16. The van der Waals surface area contributed by atoms with Crippen molar-refractivity contribution in [3.8, 4) is 0 Å². The first kappa shape index (κ1) is 12.6. The molecule has 0 bridgehead atoms. The Morgan fingerprint density at radius 2 is 2.32 bits per heavy atom. The predicted molar refractivity (Wildman–Crippen MR) is 74.3 cm³/mol. The largest absolute Gasteiger partial charge is 0.392 e. The number of para-hydroxylation sites is 1. The van der Waals surface area contributed by atoms with Crippen LogP contribution in [0.5, 0.6) is 0 Å². The van der Waals surface area contributed by atoms with Crippen LogP contribution in [0, 0.1) is 6.92 Å². The monoisotopic (exact) mass is 260 g/mol. The molecule has 0 aliphatic carbocycles. The van der Waals surface area contributed by atoms with E-state index in [-0.39, 0.29) is 11.9 Å². The molecule has 1 aromatic rings. The predicted octanol–water partition coefficient (Wildman–Crippen LogP) is 0.997. The fourth-order valence-electron chi connectivity index (χ4n) is 3.16. The smallest absolute Gasteiger partial charge is 0.244 e. The van der Waals surface area contributed by atoms with Crippen molar-refractivity contribution in [1.29, 1.82) is 0 Å². The number of nitrogens with one attached hydrogen (secondary N) is 1. The minimum Gasteiger partial charge on any atom is -0.392 e. The number of amides is 1. The van der Waals surface area contributed by atoms with Crippen LogP contribution < -0.4 is 10.2 Å². The lowest BCUT2D eigenvalue weighted by Gasteiger charge is -2.32. The molecule has 1 aromatic carbocycles. The summed E-state index contributed by atoms with van der Waals surface area (Å²) in [6.45, 7) is 3.36. The van der Waals surface area contributed by atoms with E-state index in [1.165, 1.54) is 5.56 Å². The summed E-state index contributed by atoms with van der Waals surface area (Å²) in [7, 11) is 0. The number of hydrogen-bond donors (Lipinski definition) is 2.